The highest BCUT2D eigenvalue weighted by Crippen LogP contribution is 2.24. The Balaban J connectivity index is 2.25. The van der Waals surface area contributed by atoms with E-state index in [-0.39, 0.29) is 12.6 Å². The predicted molar refractivity (Wildman–Crippen MR) is 70.1 cm³/mol. The summed E-state index contributed by atoms with van der Waals surface area (Å²) < 4.78 is 0. The minimum atomic E-state index is 0.200. The first kappa shape index (κ1) is 12.2. The number of nitrogen functional groups attached to an aromatic ring is 1. The fraction of sp³-hybridized carbons (Fsp3) is 0.615. The number of aromatic nitrogens is 1. The molecule has 0 aromatic carbocycles. The number of nitrogens with zero attached hydrogens (tertiary/aromatic N) is 2. The van der Waals surface area contributed by atoms with Gasteiger partial charge in [-0.25, -0.2) is 4.98 Å². The third kappa shape index (κ3) is 2.69. The zero-order chi connectivity index (χ0) is 12.3. The van der Waals surface area contributed by atoms with Crippen LogP contribution in [0, 0.1) is 6.92 Å². The van der Waals surface area contributed by atoms with E-state index in [1.807, 2.05) is 13.0 Å². The number of hydrogen-bond acceptors (Lipinski definition) is 4. The van der Waals surface area contributed by atoms with Crippen molar-refractivity contribution in [2.75, 3.05) is 23.8 Å². The van der Waals surface area contributed by atoms with Crippen LogP contribution in [0.1, 0.15) is 31.2 Å². The Hall–Kier alpha value is -1.29. The number of aliphatic hydroxyl groups is 1. The van der Waals surface area contributed by atoms with Crippen molar-refractivity contribution in [1.82, 2.24) is 4.98 Å². The van der Waals surface area contributed by atoms with Gasteiger partial charge in [0.1, 0.15) is 5.82 Å². The number of rotatable bonds is 2. The quantitative estimate of drug-likeness (QED) is 0.819. The number of aliphatic hydroxyl groups excluding tert-OH is 1. The van der Waals surface area contributed by atoms with Gasteiger partial charge < -0.3 is 15.7 Å². The molecule has 1 unspecified atom stereocenters. The van der Waals surface area contributed by atoms with Crippen LogP contribution in [0.25, 0.3) is 0 Å². The summed E-state index contributed by atoms with van der Waals surface area (Å²) in [6.07, 6.45) is 6.35. The molecule has 0 bridgehead atoms. The fourth-order valence-electron chi connectivity index (χ4n) is 2.38. The van der Waals surface area contributed by atoms with Crippen molar-refractivity contribution in [3.05, 3.63) is 17.8 Å². The molecule has 4 nitrogen and oxygen atoms in total. The largest absolute Gasteiger partial charge is 0.397 e. The molecule has 1 aliphatic heterocycles. The molecule has 0 saturated carbocycles. The average molecular weight is 235 g/mol. The zero-order valence-electron chi connectivity index (χ0n) is 10.4. The summed E-state index contributed by atoms with van der Waals surface area (Å²) >= 11 is 0. The van der Waals surface area contributed by atoms with E-state index in [1.165, 1.54) is 19.3 Å². The van der Waals surface area contributed by atoms with Crippen LogP contribution in [0.4, 0.5) is 11.5 Å². The molecule has 17 heavy (non-hydrogen) atoms. The van der Waals surface area contributed by atoms with E-state index in [0.29, 0.717) is 0 Å². The second-order valence-electron chi connectivity index (χ2n) is 4.78. The molecule has 2 rings (SSSR count). The van der Waals surface area contributed by atoms with Crippen LogP contribution in [0.15, 0.2) is 12.3 Å². The summed E-state index contributed by atoms with van der Waals surface area (Å²) in [6, 6.07) is 2.22. The summed E-state index contributed by atoms with van der Waals surface area (Å²) in [5.41, 5.74) is 7.56. The molecule has 0 amide bonds. The van der Waals surface area contributed by atoms with Crippen LogP contribution in [-0.4, -0.2) is 29.3 Å². The highest BCUT2D eigenvalue weighted by Gasteiger charge is 2.21. The molecular formula is C13H21N3O. The Morgan fingerprint density at radius 3 is 3.00 bits per heavy atom. The van der Waals surface area contributed by atoms with Crippen LogP contribution < -0.4 is 10.6 Å². The molecule has 1 aromatic rings. The Morgan fingerprint density at radius 1 is 1.47 bits per heavy atom. The van der Waals surface area contributed by atoms with Gasteiger partial charge in [0.2, 0.25) is 0 Å². The van der Waals surface area contributed by atoms with Crippen LogP contribution in [0.2, 0.25) is 0 Å². The third-order valence-electron chi connectivity index (χ3n) is 3.52. The lowest BCUT2D eigenvalue weighted by atomic mass is 10.1. The monoisotopic (exact) mass is 235 g/mol. The molecule has 94 valence electrons. The molecule has 1 atom stereocenters. The first-order valence-electron chi connectivity index (χ1n) is 6.32. The van der Waals surface area contributed by atoms with Gasteiger partial charge in [-0.1, -0.05) is 12.8 Å². The summed E-state index contributed by atoms with van der Waals surface area (Å²) in [5, 5.41) is 9.48. The normalized spacial score (nSPS) is 21.3. The van der Waals surface area contributed by atoms with E-state index in [4.69, 9.17) is 5.73 Å². The zero-order valence-corrected chi connectivity index (χ0v) is 10.4. The Bertz CT molecular complexity index is 381. The third-order valence-corrected chi connectivity index (χ3v) is 3.52. The molecule has 0 aliphatic carbocycles. The SMILES string of the molecule is Cc1cc(N2CCCCCC2CO)ncc1N. The van der Waals surface area contributed by atoms with Gasteiger partial charge >= 0.3 is 0 Å². The van der Waals surface area contributed by atoms with Gasteiger partial charge in [-0.05, 0) is 31.4 Å². The van der Waals surface area contributed by atoms with Crippen LogP contribution in [0.3, 0.4) is 0 Å². The van der Waals surface area contributed by atoms with Gasteiger partial charge in [-0.2, -0.15) is 0 Å². The summed E-state index contributed by atoms with van der Waals surface area (Å²) in [5.74, 6) is 0.942. The van der Waals surface area contributed by atoms with Gasteiger partial charge in [0, 0.05) is 6.54 Å². The minimum Gasteiger partial charge on any atom is -0.397 e. The smallest absolute Gasteiger partial charge is 0.129 e. The van der Waals surface area contributed by atoms with Gasteiger partial charge in [0.15, 0.2) is 0 Å². The lowest BCUT2D eigenvalue weighted by Crippen LogP contribution is -2.38. The van der Waals surface area contributed by atoms with Crippen molar-refractivity contribution in [2.45, 2.75) is 38.6 Å². The molecular weight excluding hydrogens is 214 g/mol. The lowest BCUT2D eigenvalue weighted by Gasteiger charge is -2.30. The molecule has 3 N–H and O–H groups in total. The number of nitrogens with two attached hydrogens (primary N) is 1. The maximum Gasteiger partial charge on any atom is 0.129 e. The van der Waals surface area contributed by atoms with Gasteiger partial charge in [0.05, 0.1) is 24.5 Å². The number of anilines is 2. The van der Waals surface area contributed by atoms with Gasteiger partial charge in [-0.3, -0.25) is 0 Å². The summed E-state index contributed by atoms with van der Waals surface area (Å²) in [6.45, 7) is 3.17. The highest BCUT2D eigenvalue weighted by atomic mass is 16.3. The van der Waals surface area contributed by atoms with E-state index in [9.17, 15) is 5.11 Å². The van der Waals surface area contributed by atoms with Crippen molar-refractivity contribution < 1.29 is 5.11 Å². The molecule has 1 aliphatic rings. The van der Waals surface area contributed by atoms with E-state index in [1.54, 1.807) is 6.20 Å². The Morgan fingerprint density at radius 2 is 2.29 bits per heavy atom. The van der Waals surface area contributed by atoms with Gasteiger partial charge in [0.25, 0.3) is 0 Å². The lowest BCUT2D eigenvalue weighted by molar-refractivity contribution is 0.254. The highest BCUT2D eigenvalue weighted by molar-refractivity contribution is 5.52. The molecule has 0 spiro atoms. The van der Waals surface area contributed by atoms with Crippen molar-refractivity contribution in [1.29, 1.82) is 0 Å². The maximum atomic E-state index is 9.48. The van der Waals surface area contributed by atoms with Crippen molar-refractivity contribution >= 4 is 11.5 Å². The van der Waals surface area contributed by atoms with Crippen molar-refractivity contribution in [3.8, 4) is 0 Å². The number of hydrogen-bond donors (Lipinski definition) is 2. The summed E-state index contributed by atoms with van der Waals surface area (Å²) in [4.78, 5) is 6.61. The maximum absolute atomic E-state index is 9.48. The molecule has 4 heteroatoms. The first-order chi connectivity index (χ1) is 8.22. The summed E-state index contributed by atoms with van der Waals surface area (Å²) in [7, 11) is 0. The molecule has 1 saturated heterocycles. The van der Waals surface area contributed by atoms with E-state index < -0.39 is 0 Å². The van der Waals surface area contributed by atoms with Crippen LogP contribution in [0.5, 0.6) is 0 Å². The van der Waals surface area contributed by atoms with Crippen molar-refractivity contribution in [2.24, 2.45) is 0 Å². The standard InChI is InChI=1S/C13H21N3O/c1-10-7-13(15-8-12(10)14)16-6-4-2-3-5-11(16)9-17/h7-8,11,17H,2-6,9,14H2,1H3. The second-order valence-corrected chi connectivity index (χ2v) is 4.78. The van der Waals surface area contributed by atoms with E-state index >= 15 is 0 Å². The minimum absolute atomic E-state index is 0.200. The second kappa shape index (κ2) is 5.36. The molecule has 1 fully saturated rings. The van der Waals surface area contributed by atoms with Crippen molar-refractivity contribution in [3.63, 3.8) is 0 Å². The number of aryl methyl sites for hydroxylation is 1. The fourth-order valence-corrected chi connectivity index (χ4v) is 2.38. The topological polar surface area (TPSA) is 62.4 Å². The van der Waals surface area contributed by atoms with Gasteiger partial charge in [-0.15, -0.1) is 0 Å². The molecule has 1 aromatic heterocycles. The first-order valence-corrected chi connectivity index (χ1v) is 6.32. The predicted octanol–water partition coefficient (Wildman–Crippen LogP) is 1.71. The Labute approximate surface area is 102 Å². The van der Waals surface area contributed by atoms with Crippen LogP contribution in [-0.2, 0) is 0 Å². The van der Waals surface area contributed by atoms with Crippen LogP contribution >= 0.6 is 0 Å². The molecule has 0 radical (unpaired) electrons. The van der Waals surface area contributed by atoms with E-state index in [0.717, 1.165) is 30.0 Å². The Kier molecular flexibility index (Phi) is 3.84. The van der Waals surface area contributed by atoms with E-state index in [2.05, 4.69) is 9.88 Å². The average Bonchev–Trinajstić information content (AvgIpc) is 2.57. The number of pyridine rings is 1. The molecule has 2 heterocycles.